The lowest BCUT2D eigenvalue weighted by Crippen LogP contribution is -2.40. The summed E-state index contributed by atoms with van der Waals surface area (Å²) in [6.45, 7) is 5.36. The van der Waals surface area contributed by atoms with Crippen LogP contribution in [0, 0.1) is 13.8 Å². The van der Waals surface area contributed by atoms with Crippen LogP contribution in [-0.2, 0) is 11.2 Å². The van der Waals surface area contributed by atoms with Crippen LogP contribution in [0.3, 0.4) is 0 Å². The van der Waals surface area contributed by atoms with Gasteiger partial charge in [0, 0.05) is 36.0 Å². The van der Waals surface area contributed by atoms with E-state index in [9.17, 15) is 4.79 Å². The molecule has 6 nitrogen and oxygen atoms in total. The van der Waals surface area contributed by atoms with E-state index in [-0.39, 0.29) is 11.8 Å². The minimum Gasteiger partial charge on any atom is -0.342 e. The van der Waals surface area contributed by atoms with Crippen molar-refractivity contribution in [3.63, 3.8) is 0 Å². The van der Waals surface area contributed by atoms with Crippen LogP contribution in [-0.4, -0.2) is 43.8 Å². The van der Waals surface area contributed by atoms with Gasteiger partial charge in [0.1, 0.15) is 5.82 Å². The van der Waals surface area contributed by atoms with E-state index in [4.69, 9.17) is 4.98 Å². The molecule has 4 rings (SSSR count). The summed E-state index contributed by atoms with van der Waals surface area (Å²) in [4.78, 5) is 32.6. The number of aromatic nitrogens is 4. The Hall–Kier alpha value is -2.41. The first-order chi connectivity index (χ1) is 12.6. The van der Waals surface area contributed by atoms with Crippen molar-refractivity contribution < 1.29 is 4.79 Å². The highest BCUT2D eigenvalue weighted by Crippen LogP contribution is 2.30. The van der Waals surface area contributed by atoms with Gasteiger partial charge < -0.3 is 4.90 Å². The van der Waals surface area contributed by atoms with E-state index in [0.29, 0.717) is 13.0 Å². The van der Waals surface area contributed by atoms with E-state index >= 15 is 0 Å². The number of thiazole rings is 1. The van der Waals surface area contributed by atoms with Crippen molar-refractivity contribution in [3.05, 3.63) is 45.9 Å². The zero-order chi connectivity index (χ0) is 18.1. The molecule has 7 heteroatoms. The standard InChI is InChI=1S/C19H21N5OS/c1-12-21-18(16-6-3-7-20-19(16)22-12)14-5-4-8-24(10-14)17(25)9-15-11-26-13(2)23-15/h3,6-7,11,14H,4-5,8-10H2,1-2H3/t14-/m0/s1. The molecule has 0 spiro atoms. The zero-order valence-electron chi connectivity index (χ0n) is 15.0. The Balaban J connectivity index is 1.56. The van der Waals surface area contributed by atoms with Gasteiger partial charge in [-0.1, -0.05) is 0 Å². The third-order valence-electron chi connectivity index (χ3n) is 4.77. The monoisotopic (exact) mass is 367 g/mol. The van der Waals surface area contributed by atoms with Crippen LogP contribution in [0.1, 0.15) is 41.0 Å². The zero-order valence-corrected chi connectivity index (χ0v) is 15.8. The Morgan fingerprint density at radius 3 is 3.00 bits per heavy atom. The average molecular weight is 367 g/mol. The molecule has 0 saturated carbocycles. The summed E-state index contributed by atoms with van der Waals surface area (Å²) in [5.74, 6) is 1.10. The van der Waals surface area contributed by atoms with Crippen molar-refractivity contribution in [3.8, 4) is 0 Å². The van der Waals surface area contributed by atoms with E-state index in [1.165, 1.54) is 0 Å². The number of aryl methyl sites for hydroxylation is 2. The van der Waals surface area contributed by atoms with Crippen LogP contribution in [0.2, 0.25) is 0 Å². The summed E-state index contributed by atoms with van der Waals surface area (Å²) in [6.07, 6.45) is 4.14. The van der Waals surface area contributed by atoms with Crippen molar-refractivity contribution >= 4 is 28.3 Å². The third kappa shape index (κ3) is 3.44. The fourth-order valence-electron chi connectivity index (χ4n) is 3.59. The van der Waals surface area contributed by atoms with Gasteiger partial charge in [-0.15, -0.1) is 11.3 Å². The fourth-order valence-corrected chi connectivity index (χ4v) is 4.21. The molecular formula is C19H21N5OS. The Kier molecular flexibility index (Phi) is 4.63. The maximum absolute atomic E-state index is 12.7. The van der Waals surface area contributed by atoms with Gasteiger partial charge >= 0.3 is 0 Å². The van der Waals surface area contributed by atoms with E-state index < -0.39 is 0 Å². The predicted octanol–water partition coefficient (Wildman–Crippen LogP) is 3.05. The number of fused-ring (bicyclic) bond motifs is 1. The lowest BCUT2D eigenvalue weighted by Gasteiger charge is -2.33. The van der Waals surface area contributed by atoms with Gasteiger partial charge in [-0.3, -0.25) is 4.79 Å². The summed E-state index contributed by atoms with van der Waals surface area (Å²) in [7, 11) is 0. The molecule has 1 aliphatic heterocycles. The Labute approximate surface area is 156 Å². The van der Waals surface area contributed by atoms with Gasteiger partial charge in [0.05, 0.1) is 22.8 Å². The van der Waals surface area contributed by atoms with Crippen LogP contribution in [0.5, 0.6) is 0 Å². The summed E-state index contributed by atoms with van der Waals surface area (Å²) in [5, 5.41) is 3.97. The molecular weight excluding hydrogens is 346 g/mol. The Morgan fingerprint density at radius 2 is 2.19 bits per heavy atom. The quantitative estimate of drug-likeness (QED) is 0.711. The number of carbonyl (C=O) groups is 1. The molecule has 3 aromatic heterocycles. The molecule has 0 N–H and O–H groups in total. The highest BCUT2D eigenvalue weighted by molar-refractivity contribution is 7.09. The molecule has 0 unspecified atom stereocenters. The number of likely N-dealkylation sites (tertiary alicyclic amines) is 1. The smallest absolute Gasteiger partial charge is 0.228 e. The summed E-state index contributed by atoms with van der Waals surface area (Å²) in [5.41, 5.74) is 2.62. The van der Waals surface area contributed by atoms with E-state index in [1.54, 1.807) is 17.5 Å². The lowest BCUT2D eigenvalue weighted by molar-refractivity contribution is -0.131. The lowest BCUT2D eigenvalue weighted by atomic mass is 9.92. The topological polar surface area (TPSA) is 71.9 Å². The normalized spacial score (nSPS) is 17.6. The van der Waals surface area contributed by atoms with Gasteiger partial charge in [-0.25, -0.2) is 19.9 Å². The Bertz CT molecular complexity index is 954. The molecule has 0 bridgehead atoms. The fraction of sp³-hybridized carbons (Fsp3) is 0.421. The van der Waals surface area contributed by atoms with Crippen LogP contribution in [0.4, 0.5) is 0 Å². The predicted molar refractivity (Wildman–Crippen MR) is 101 cm³/mol. The second-order valence-corrected chi connectivity index (χ2v) is 7.81. The van der Waals surface area contributed by atoms with Gasteiger partial charge in [0.15, 0.2) is 5.65 Å². The molecule has 1 saturated heterocycles. The first-order valence-corrected chi connectivity index (χ1v) is 9.76. The molecule has 134 valence electrons. The number of hydrogen-bond acceptors (Lipinski definition) is 6. The third-order valence-corrected chi connectivity index (χ3v) is 5.59. The van der Waals surface area contributed by atoms with Gasteiger partial charge in [0.2, 0.25) is 5.91 Å². The molecule has 1 amide bonds. The number of rotatable bonds is 3. The minimum atomic E-state index is 0.146. The van der Waals surface area contributed by atoms with Gasteiger partial charge in [-0.05, 0) is 38.8 Å². The van der Waals surface area contributed by atoms with E-state index in [1.807, 2.05) is 36.3 Å². The van der Waals surface area contributed by atoms with Crippen LogP contribution >= 0.6 is 11.3 Å². The number of carbonyl (C=O) groups excluding carboxylic acids is 1. The Morgan fingerprint density at radius 1 is 1.31 bits per heavy atom. The van der Waals surface area contributed by atoms with E-state index in [2.05, 4.69) is 15.0 Å². The first-order valence-electron chi connectivity index (χ1n) is 8.88. The largest absolute Gasteiger partial charge is 0.342 e. The first kappa shape index (κ1) is 17.0. The van der Waals surface area contributed by atoms with Crippen molar-refractivity contribution in [1.82, 2.24) is 24.8 Å². The number of pyridine rings is 1. The number of hydrogen-bond donors (Lipinski definition) is 0. The molecule has 0 radical (unpaired) electrons. The van der Waals surface area contributed by atoms with Gasteiger partial charge in [-0.2, -0.15) is 0 Å². The summed E-state index contributed by atoms with van der Waals surface area (Å²) in [6, 6.07) is 3.94. The molecule has 1 atom stereocenters. The van der Waals surface area contributed by atoms with E-state index in [0.717, 1.165) is 52.6 Å². The van der Waals surface area contributed by atoms with Crippen LogP contribution in [0.25, 0.3) is 11.0 Å². The van der Waals surface area contributed by atoms with Gasteiger partial charge in [0.25, 0.3) is 0 Å². The molecule has 1 fully saturated rings. The number of amides is 1. The maximum Gasteiger partial charge on any atom is 0.228 e. The summed E-state index contributed by atoms with van der Waals surface area (Å²) >= 11 is 1.59. The average Bonchev–Trinajstić information content (AvgIpc) is 3.05. The molecule has 26 heavy (non-hydrogen) atoms. The SMILES string of the molecule is Cc1nc([C@H]2CCCN(C(=O)Cc3csc(C)n3)C2)c2cccnc2n1. The van der Waals surface area contributed by atoms with Crippen LogP contribution in [0.15, 0.2) is 23.7 Å². The molecule has 0 aliphatic carbocycles. The molecule has 0 aromatic carbocycles. The van der Waals surface area contributed by atoms with Crippen molar-refractivity contribution in [2.75, 3.05) is 13.1 Å². The molecule has 1 aliphatic rings. The molecule has 3 aromatic rings. The highest BCUT2D eigenvalue weighted by atomic mass is 32.1. The van der Waals surface area contributed by atoms with Crippen molar-refractivity contribution in [2.24, 2.45) is 0 Å². The minimum absolute atomic E-state index is 0.146. The second kappa shape index (κ2) is 7.07. The van der Waals surface area contributed by atoms with Crippen molar-refractivity contribution in [2.45, 2.75) is 39.0 Å². The van der Waals surface area contributed by atoms with Crippen LogP contribution < -0.4 is 0 Å². The highest BCUT2D eigenvalue weighted by Gasteiger charge is 2.27. The van der Waals surface area contributed by atoms with Crippen molar-refractivity contribution in [1.29, 1.82) is 0 Å². The number of nitrogens with zero attached hydrogens (tertiary/aromatic N) is 5. The number of piperidine rings is 1. The second-order valence-electron chi connectivity index (χ2n) is 6.74. The maximum atomic E-state index is 12.7. The molecule has 4 heterocycles. The summed E-state index contributed by atoms with van der Waals surface area (Å²) < 4.78 is 0.